The van der Waals surface area contributed by atoms with Crippen molar-refractivity contribution in [3.63, 3.8) is 0 Å². The van der Waals surface area contributed by atoms with Crippen molar-refractivity contribution in [3.05, 3.63) is 42.0 Å². The summed E-state index contributed by atoms with van der Waals surface area (Å²) < 4.78 is 5.01. The predicted octanol–water partition coefficient (Wildman–Crippen LogP) is 2.20. The Labute approximate surface area is 89.5 Å². The Morgan fingerprint density at radius 1 is 1.60 bits per heavy atom. The summed E-state index contributed by atoms with van der Waals surface area (Å²) in [5, 5.41) is 0. The van der Waals surface area contributed by atoms with Crippen LogP contribution in [0, 0.1) is 6.92 Å². The van der Waals surface area contributed by atoms with Crippen molar-refractivity contribution >= 4 is 11.7 Å². The molecule has 2 N–H and O–H groups in total. The molecule has 0 aliphatic carbocycles. The zero-order valence-electron chi connectivity index (χ0n) is 8.82. The van der Waals surface area contributed by atoms with E-state index in [1.165, 1.54) is 6.08 Å². The third kappa shape index (κ3) is 3.13. The molecule has 0 aliphatic rings. The number of ether oxygens (including phenoxy) is 1. The molecule has 3 heteroatoms. The molecule has 0 heterocycles. The van der Waals surface area contributed by atoms with Gasteiger partial charge in [-0.05, 0) is 12.5 Å². The Hall–Kier alpha value is -1.77. The topological polar surface area (TPSA) is 52.3 Å². The van der Waals surface area contributed by atoms with E-state index in [0.717, 1.165) is 11.1 Å². The summed E-state index contributed by atoms with van der Waals surface area (Å²) in [7, 11) is 0. The molecule has 0 saturated heterocycles. The number of aryl methyl sites for hydroxylation is 1. The van der Waals surface area contributed by atoms with Crippen LogP contribution in [0.2, 0.25) is 0 Å². The normalized spacial score (nSPS) is 9.67. The number of hydrogen-bond acceptors (Lipinski definition) is 3. The van der Waals surface area contributed by atoms with Gasteiger partial charge in [0.25, 0.3) is 0 Å². The molecule has 0 fully saturated rings. The number of carbonyl (C=O) groups excluding carboxylic acids is 1. The Kier molecular flexibility index (Phi) is 3.92. The molecule has 3 nitrogen and oxygen atoms in total. The number of rotatable bonds is 4. The number of esters is 1. The number of anilines is 1. The van der Waals surface area contributed by atoms with Crippen molar-refractivity contribution in [1.29, 1.82) is 0 Å². The van der Waals surface area contributed by atoms with Crippen LogP contribution in [0.1, 0.15) is 17.5 Å². The molecule has 15 heavy (non-hydrogen) atoms. The second-order valence-corrected chi connectivity index (χ2v) is 3.30. The Morgan fingerprint density at radius 2 is 2.33 bits per heavy atom. The lowest BCUT2D eigenvalue weighted by Crippen LogP contribution is -2.05. The molecule has 0 aromatic heterocycles. The van der Waals surface area contributed by atoms with Gasteiger partial charge in [0.2, 0.25) is 0 Å². The summed E-state index contributed by atoms with van der Waals surface area (Å²) in [5.41, 5.74) is 8.35. The van der Waals surface area contributed by atoms with Crippen molar-refractivity contribution in [2.45, 2.75) is 20.0 Å². The minimum atomic E-state index is -0.286. The van der Waals surface area contributed by atoms with Crippen molar-refractivity contribution in [1.82, 2.24) is 0 Å². The first-order valence-corrected chi connectivity index (χ1v) is 4.75. The summed E-state index contributed by atoms with van der Waals surface area (Å²) in [6.45, 7) is 5.61. The number of nitrogen functional groups attached to an aromatic ring is 1. The summed E-state index contributed by atoms with van der Waals surface area (Å²) in [6.07, 6.45) is 1.74. The number of hydrogen-bond donors (Lipinski definition) is 1. The number of para-hydroxylation sites is 1. The van der Waals surface area contributed by atoms with E-state index >= 15 is 0 Å². The van der Waals surface area contributed by atoms with Gasteiger partial charge in [-0.1, -0.05) is 24.3 Å². The zero-order valence-corrected chi connectivity index (χ0v) is 8.82. The maximum atomic E-state index is 11.1. The molecule has 0 bridgehead atoms. The van der Waals surface area contributed by atoms with Gasteiger partial charge in [-0.3, -0.25) is 4.79 Å². The largest absolute Gasteiger partial charge is 0.460 e. The average Bonchev–Trinajstić information content (AvgIpc) is 2.21. The van der Waals surface area contributed by atoms with Gasteiger partial charge in [-0.25, -0.2) is 0 Å². The molecule has 1 aromatic rings. The van der Waals surface area contributed by atoms with Gasteiger partial charge in [0.05, 0.1) is 6.42 Å². The first-order valence-electron chi connectivity index (χ1n) is 4.75. The van der Waals surface area contributed by atoms with Crippen LogP contribution in [-0.2, 0) is 16.1 Å². The number of carbonyl (C=O) groups is 1. The molecular weight excluding hydrogens is 190 g/mol. The van der Waals surface area contributed by atoms with Crippen LogP contribution < -0.4 is 5.73 Å². The maximum absolute atomic E-state index is 11.1. The molecule has 0 spiro atoms. The lowest BCUT2D eigenvalue weighted by atomic mass is 10.1. The van der Waals surface area contributed by atoms with Crippen LogP contribution in [0.3, 0.4) is 0 Å². The van der Waals surface area contributed by atoms with Gasteiger partial charge < -0.3 is 10.5 Å². The first kappa shape index (κ1) is 11.3. The van der Waals surface area contributed by atoms with E-state index in [0.29, 0.717) is 5.69 Å². The molecular formula is C12H15NO2. The molecule has 80 valence electrons. The van der Waals surface area contributed by atoms with E-state index in [1.807, 2.05) is 25.1 Å². The van der Waals surface area contributed by atoms with Gasteiger partial charge in [-0.2, -0.15) is 0 Å². The zero-order chi connectivity index (χ0) is 11.3. The lowest BCUT2D eigenvalue weighted by molar-refractivity contribution is -0.143. The second kappa shape index (κ2) is 5.20. The molecule has 0 aliphatic heterocycles. The van der Waals surface area contributed by atoms with Crippen LogP contribution in [0.15, 0.2) is 30.9 Å². The van der Waals surface area contributed by atoms with Gasteiger partial charge in [0.15, 0.2) is 0 Å². The summed E-state index contributed by atoms with van der Waals surface area (Å²) >= 11 is 0. The van der Waals surface area contributed by atoms with E-state index < -0.39 is 0 Å². The van der Waals surface area contributed by atoms with Crippen LogP contribution in [-0.4, -0.2) is 5.97 Å². The standard InChI is InChI=1S/C12H15NO2/c1-3-5-11(14)15-8-10-7-4-6-9(2)12(10)13/h3-4,6-7H,1,5,8,13H2,2H3. The van der Waals surface area contributed by atoms with E-state index in [9.17, 15) is 4.79 Å². The van der Waals surface area contributed by atoms with E-state index in [2.05, 4.69) is 6.58 Å². The molecule has 0 saturated carbocycles. The minimum absolute atomic E-state index is 0.222. The smallest absolute Gasteiger partial charge is 0.309 e. The highest BCUT2D eigenvalue weighted by molar-refractivity contribution is 5.71. The van der Waals surface area contributed by atoms with Gasteiger partial charge in [0.1, 0.15) is 6.61 Å². The van der Waals surface area contributed by atoms with Crippen molar-refractivity contribution < 1.29 is 9.53 Å². The van der Waals surface area contributed by atoms with Crippen LogP contribution in [0.5, 0.6) is 0 Å². The monoisotopic (exact) mass is 205 g/mol. The molecule has 0 atom stereocenters. The van der Waals surface area contributed by atoms with Crippen molar-refractivity contribution in [2.75, 3.05) is 5.73 Å². The minimum Gasteiger partial charge on any atom is -0.460 e. The van der Waals surface area contributed by atoms with Crippen LogP contribution in [0.25, 0.3) is 0 Å². The Balaban J connectivity index is 2.61. The van der Waals surface area contributed by atoms with Gasteiger partial charge in [-0.15, -0.1) is 6.58 Å². The molecule has 1 aromatic carbocycles. The quantitative estimate of drug-likeness (QED) is 0.465. The van der Waals surface area contributed by atoms with E-state index in [1.54, 1.807) is 0 Å². The second-order valence-electron chi connectivity index (χ2n) is 3.30. The first-order chi connectivity index (χ1) is 7.15. The summed E-state index contributed by atoms with van der Waals surface area (Å²) in [6, 6.07) is 5.66. The fraction of sp³-hybridized carbons (Fsp3) is 0.250. The van der Waals surface area contributed by atoms with E-state index in [-0.39, 0.29) is 19.0 Å². The fourth-order valence-corrected chi connectivity index (χ4v) is 1.20. The van der Waals surface area contributed by atoms with E-state index in [4.69, 9.17) is 10.5 Å². The molecule has 1 rings (SSSR count). The average molecular weight is 205 g/mol. The van der Waals surface area contributed by atoms with Gasteiger partial charge >= 0.3 is 5.97 Å². The lowest BCUT2D eigenvalue weighted by Gasteiger charge is -2.08. The highest BCUT2D eigenvalue weighted by atomic mass is 16.5. The third-order valence-electron chi connectivity index (χ3n) is 2.11. The summed E-state index contributed by atoms with van der Waals surface area (Å²) in [5.74, 6) is -0.286. The Morgan fingerprint density at radius 3 is 3.00 bits per heavy atom. The Bertz CT molecular complexity index is 372. The van der Waals surface area contributed by atoms with Gasteiger partial charge in [0, 0.05) is 11.3 Å². The molecule has 0 unspecified atom stereocenters. The van der Waals surface area contributed by atoms with Crippen molar-refractivity contribution in [2.24, 2.45) is 0 Å². The predicted molar refractivity (Wildman–Crippen MR) is 60.2 cm³/mol. The SMILES string of the molecule is C=CCC(=O)OCc1cccc(C)c1N. The third-order valence-corrected chi connectivity index (χ3v) is 2.11. The fourth-order valence-electron chi connectivity index (χ4n) is 1.20. The maximum Gasteiger partial charge on any atom is 0.309 e. The number of nitrogens with two attached hydrogens (primary N) is 1. The summed E-state index contributed by atoms with van der Waals surface area (Å²) in [4.78, 5) is 11.1. The van der Waals surface area contributed by atoms with Crippen molar-refractivity contribution in [3.8, 4) is 0 Å². The van der Waals surface area contributed by atoms with Crippen LogP contribution in [0.4, 0.5) is 5.69 Å². The molecule has 0 amide bonds. The highest BCUT2D eigenvalue weighted by Crippen LogP contribution is 2.17. The highest BCUT2D eigenvalue weighted by Gasteiger charge is 2.04. The number of benzene rings is 1. The molecule has 0 radical (unpaired) electrons. The van der Waals surface area contributed by atoms with Crippen LogP contribution >= 0.6 is 0 Å².